The first-order valence-electron chi connectivity index (χ1n) is 18.3. The maximum Gasteiger partial charge on any atom is 0.0655 e. The van der Waals surface area contributed by atoms with Gasteiger partial charge in [0.1, 0.15) is 0 Å². The van der Waals surface area contributed by atoms with Crippen molar-refractivity contribution in [3.8, 4) is 38.4 Å². The number of hydrogen-bond donors (Lipinski definition) is 0. The topological polar surface area (TPSA) is 8.17 Å². The molecule has 0 spiro atoms. The summed E-state index contributed by atoms with van der Waals surface area (Å²) in [6, 6.07) is 64.6. The van der Waals surface area contributed by atoms with Gasteiger partial charge in [-0.25, -0.2) is 0 Å². The molecule has 0 saturated heterocycles. The lowest BCUT2D eigenvalue weighted by Gasteiger charge is -2.28. The predicted molar refractivity (Wildman–Crippen MR) is 227 cm³/mol. The molecule has 2 heterocycles. The van der Waals surface area contributed by atoms with E-state index >= 15 is 0 Å². The maximum atomic E-state index is 2.41. The normalized spacial score (nSPS) is 13.0. The number of benzene rings is 7. The number of aryl methyl sites for hydroxylation is 1. The standard InChI is InChI=1S/C50H38N2S/c1-33-13-12-18-39(29-33)51(40-26-27-42-41-19-10-11-20-44(41)50(2,3)45(42)31-40)38-24-21-34(22-25-38)36-23-28-46-43(30-36)49-47(52(46)37-16-8-5-9-17-37)32-48(53-49)35-14-6-4-7-15-35/h4-32H,1-3H3. The summed E-state index contributed by atoms with van der Waals surface area (Å²) in [4.78, 5) is 3.69. The minimum absolute atomic E-state index is 0.0714. The van der Waals surface area contributed by atoms with E-state index in [0.717, 1.165) is 11.4 Å². The molecule has 9 aromatic rings. The van der Waals surface area contributed by atoms with Gasteiger partial charge < -0.3 is 9.47 Å². The highest BCUT2D eigenvalue weighted by Crippen LogP contribution is 2.51. The second-order valence-electron chi connectivity index (χ2n) is 14.7. The van der Waals surface area contributed by atoms with Crippen molar-refractivity contribution in [2.75, 3.05) is 4.90 Å². The number of anilines is 3. The minimum Gasteiger partial charge on any atom is -0.310 e. The van der Waals surface area contributed by atoms with Crippen LogP contribution in [0.4, 0.5) is 17.1 Å². The van der Waals surface area contributed by atoms with Crippen molar-refractivity contribution in [2.24, 2.45) is 0 Å². The third-order valence-electron chi connectivity index (χ3n) is 11.1. The molecule has 0 fully saturated rings. The molecule has 0 unspecified atom stereocenters. The second-order valence-corrected chi connectivity index (χ2v) is 15.8. The number of fused-ring (bicyclic) bond motifs is 6. The zero-order chi connectivity index (χ0) is 35.7. The number of rotatable bonds is 6. The van der Waals surface area contributed by atoms with Crippen LogP contribution in [-0.4, -0.2) is 4.57 Å². The molecular formula is C50H38N2S. The fourth-order valence-electron chi connectivity index (χ4n) is 8.41. The predicted octanol–water partition coefficient (Wildman–Crippen LogP) is 14.3. The molecule has 0 bridgehead atoms. The van der Waals surface area contributed by atoms with E-state index < -0.39 is 0 Å². The smallest absolute Gasteiger partial charge is 0.0655 e. The highest BCUT2D eigenvalue weighted by atomic mass is 32.1. The molecular weight excluding hydrogens is 661 g/mol. The molecule has 0 aliphatic heterocycles. The Kier molecular flexibility index (Phi) is 7.28. The van der Waals surface area contributed by atoms with Gasteiger partial charge in [-0.1, -0.05) is 123 Å². The van der Waals surface area contributed by atoms with Crippen molar-refractivity contribution < 1.29 is 0 Å². The van der Waals surface area contributed by atoms with Crippen LogP contribution in [0.15, 0.2) is 176 Å². The van der Waals surface area contributed by atoms with E-state index in [2.05, 4.69) is 206 Å². The van der Waals surface area contributed by atoms with Crippen molar-refractivity contribution in [1.29, 1.82) is 0 Å². The number of nitrogens with zero attached hydrogens (tertiary/aromatic N) is 2. The molecule has 0 saturated carbocycles. The number of thiophene rings is 1. The molecule has 10 rings (SSSR count). The van der Waals surface area contributed by atoms with Crippen LogP contribution < -0.4 is 4.90 Å². The molecule has 0 atom stereocenters. The van der Waals surface area contributed by atoms with Crippen LogP contribution in [0.25, 0.3) is 59.5 Å². The summed E-state index contributed by atoms with van der Waals surface area (Å²) < 4.78 is 3.73. The van der Waals surface area contributed by atoms with E-state index in [1.807, 2.05) is 11.3 Å². The number of aromatic nitrogens is 1. The van der Waals surface area contributed by atoms with Gasteiger partial charge in [0, 0.05) is 38.4 Å². The second kappa shape index (κ2) is 12.2. The third kappa shape index (κ3) is 5.15. The van der Waals surface area contributed by atoms with Crippen LogP contribution in [0.2, 0.25) is 0 Å². The molecule has 0 amide bonds. The van der Waals surface area contributed by atoms with Crippen molar-refractivity contribution in [3.63, 3.8) is 0 Å². The van der Waals surface area contributed by atoms with E-state index in [1.165, 1.54) is 81.9 Å². The molecule has 1 aliphatic carbocycles. The average molecular weight is 699 g/mol. The third-order valence-corrected chi connectivity index (χ3v) is 12.3. The van der Waals surface area contributed by atoms with E-state index in [1.54, 1.807) is 0 Å². The summed E-state index contributed by atoms with van der Waals surface area (Å²) in [5, 5.41) is 1.28. The van der Waals surface area contributed by atoms with Crippen LogP contribution in [0, 0.1) is 6.92 Å². The monoisotopic (exact) mass is 698 g/mol. The molecule has 2 aromatic heterocycles. The average Bonchev–Trinajstić information content (AvgIpc) is 3.83. The Morgan fingerprint density at radius 3 is 1.96 bits per heavy atom. The van der Waals surface area contributed by atoms with Crippen LogP contribution in [0.5, 0.6) is 0 Å². The number of hydrogen-bond acceptors (Lipinski definition) is 2. The van der Waals surface area contributed by atoms with E-state index in [0.29, 0.717) is 0 Å². The molecule has 254 valence electrons. The Balaban J connectivity index is 1.07. The summed E-state index contributed by atoms with van der Waals surface area (Å²) in [6.07, 6.45) is 0. The van der Waals surface area contributed by atoms with Crippen molar-refractivity contribution >= 4 is 49.5 Å². The maximum absolute atomic E-state index is 2.41. The first-order valence-corrected chi connectivity index (χ1v) is 19.2. The molecule has 53 heavy (non-hydrogen) atoms. The van der Waals surface area contributed by atoms with Gasteiger partial charge in [0.25, 0.3) is 0 Å². The fraction of sp³-hybridized carbons (Fsp3) is 0.0800. The lowest BCUT2D eigenvalue weighted by atomic mass is 9.82. The van der Waals surface area contributed by atoms with Gasteiger partial charge in [0.05, 0.1) is 15.7 Å². The molecule has 0 N–H and O–H groups in total. The largest absolute Gasteiger partial charge is 0.310 e. The lowest BCUT2D eigenvalue weighted by molar-refractivity contribution is 0.660. The zero-order valence-electron chi connectivity index (χ0n) is 30.0. The van der Waals surface area contributed by atoms with Gasteiger partial charge in [-0.05, 0) is 118 Å². The van der Waals surface area contributed by atoms with Crippen LogP contribution in [-0.2, 0) is 5.41 Å². The van der Waals surface area contributed by atoms with Gasteiger partial charge in [-0.2, -0.15) is 0 Å². The Bertz CT molecular complexity index is 2800. The molecule has 0 radical (unpaired) electrons. The molecule has 3 heteroatoms. The summed E-state index contributed by atoms with van der Waals surface area (Å²) in [7, 11) is 0. The Labute approximate surface area is 314 Å². The van der Waals surface area contributed by atoms with Crippen LogP contribution in [0.1, 0.15) is 30.5 Å². The Morgan fingerprint density at radius 2 is 1.17 bits per heavy atom. The van der Waals surface area contributed by atoms with Gasteiger partial charge in [-0.3, -0.25) is 0 Å². The first kappa shape index (κ1) is 31.6. The Hall–Kier alpha value is -6.16. The SMILES string of the molecule is Cc1cccc(N(c2ccc(-c3ccc4c(c3)c3sc(-c5ccccc5)cc3n4-c3ccccc3)cc2)c2ccc3c(c2)C(C)(C)c2ccccc2-3)c1. The first-order chi connectivity index (χ1) is 25.9. The fourth-order valence-corrected chi connectivity index (χ4v) is 9.58. The van der Waals surface area contributed by atoms with Crippen LogP contribution >= 0.6 is 11.3 Å². The molecule has 1 aliphatic rings. The lowest BCUT2D eigenvalue weighted by Crippen LogP contribution is -2.16. The van der Waals surface area contributed by atoms with Gasteiger partial charge in [0.15, 0.2) is 0 Å². The number of para-hydroxylation sites is 1. The molecule has 7 aromatic carbocycles. The zero-order valence-corrected chi connectivity index (χ0v) is 30.9. The van der Waals surface area contributed by atoms with Gasteiger partial charge in [0.2, 0.25) is 0 Å². The highest BCUT2D eigenvalue weighted by molar-refractivity contribution is 7.23. The van der Waals surface area contributed by atoms with Crippen molar-refractivity contribution in [1.82, 2.24) is 4.57 Å². The summed E-state index contributed by atoms with van der Waals surface area (Å²) in [5.41, 5.74) is 17.4. The van der Waals surface area contributed by atoms with Crippen molar-refractivity contribution in [3.05, 3.63) is 193 Å². The Morgan fingerprint density at radius 1 is 0.491 bits per heavy atom. The highest BCUT2D eigenvalue weighted by Gasteiger charge is 2.35. The molecule has 2 nitrogen and oxygen atoms in total. The van der Waals surface area contributed by atoms with E-state index in [9.17, 15) is 0 Å². The quantitative estimate of drug-likeness (QED) is 0.168. The van der Waals surface area contributed by atoms with Gasteiger partial charge >= 0.3 is 0 Å². The van der Waals surface area contributed by atoms with Crippen LogP contribution in [0.3, 0.4) is 0 Å². The van der Waals surface area contributed by atoms with E-state index in [4.69, 9.17) is 0 Å². The summed E-state index contributed by atoms with van der Waals surface area (Å²) in [5.74, 6) is 0. The van der Waals surface area contributed by atoms with Gasteiger partial charge in [-0.15, -0.1) is 11.3 Å². The summed E-state index contributed by atoms with van der Waals surface area (Å²) in [6.45, 7) is 6.87. The summed E-state index contributed by atoms with van der Waals surface area (Å²) >= 11 is 1.88. The minimum atomic E-state index is -0.0714. The van der Waals surface area contributed by atoms with E-state index in [-0.39, 0.29) is 5.41 Å². The van der Waals surface area contributed by atoms with Crippen molar-refractivity contribution in [2.45, 2.75) is 26.2 Å².